The first-order valence-corrected chi connectivity index (χ1v) is 9.06. The predicted molar refractivity (Wildman–Crippen MR) is 100.0 cm³/mol. The molecule has 2 aromatic rings. The number of rotatable bonds is 6. The minimum absolute atomic E-state index is 0.0412. The molecule has 0 spiro atoms. The monoisotopic (exact) mass is 357 g/mol. The van der Waals surface area contributed by atoms with Gasteiger partial charge < -0.3 is 10.2 Å². The van der Waals surface area contributed by atoms with Crippen LogP contribution in [0, 0.1) is 13.8 Å². The summed E-state index contributed by atoms with van der Waals surface area (Å²) in [4.78, 5) is 25.2. The van der Waals surface area contributed by atoms with E-state index < -0.39 is 0 Å². The lowest BCUT2D eigenvalue weighted by atomic mass is 10.3. The van der Waals surface area contributed by atoms with Gasteiger partial charge in [0.15, 0.2) is 0 Å². The summed E-state index contributed by atoms with van der Waals surface area (Å²) >= 11 is 0. The molecule has 26 heavy (non-hydrogen) atoms. The van der Waals surface area contributed by atoms with Gasteiger partial charge in [0.1, 0.15) is 0 Å². The summed E-state index contributed by atoms with van der Waals surface area (Å²) in [7, 11) is 0. The highest BCUT2D eigenvalue weighted by molar-refractivity contribution is 5.78. The Balaban J connectivity index is 1.42. The second-order valence-electron chi connectivity index (χ2n) is 6.89. The zero-order chi connectivity index (χ0) is 18.5. The molecular weight excluding hydrogens is 330 g/mol. The van der Waals surface area contributed by atoms with E-state index in [-0.39, 0.29) is 11.9 Å². The van der Waals surface area contributed by atoms with Gasteiger partial charge in [-0.2, -0.15) is 5.10 Å². The number of hydrogen-bond donors (Lipinski definition) is 1. The summed E-state index contributed by atoms with van der Waals surface area (Å²) in [6, 6.07) is 3.90. The van der Waals surface area contributed by atoms with Crippen LogP contribution in [0.3, 0.4) is 0 Å². The number of hydrogen-bond acceptors (Lipinski definition) is 6. The van der Waals surface area contributed by atoms with Crippen LogP contribution in [-0.2, 0) is 11.3 Å². The Bertz CT molecular complexity index is 722. The molecule has 2 aromatic heterocycles. The third-order valence-electron chi connectivity index (χ3n) is 4.53. The Hall–Kier alpha value is -2.48. The van der Waals surface area contributed by atoms with E-state index in [2.05, 4.69) is 30.2 Å². The van der Waals surface area contributed by atoms with E-state index in [0.717, 1.165) is 43.5 Å². The number of amides is 1. The maximum Gasteiger partial charge on any atom is 0.234 e. The number of carbonyl (C=O) groups excluding carboxylic acids is 1. The summed E-state index contributed by atoms with van der Waals surface area (Å²) in [5.74, 6) is 0.818. The zero-order valence-corrected chi connectivity index (χ0v) is 15.7. The Morgan fingerprint density at radius 1 is 1.19 bits per heavy atom. The number of aromatic nitrogens is 4. The lowest BCUT2D eigenvalue weighted by Gasteiger charge is -2.34. The fourth-order valence-corrected chi connectivity index (χ4v) is 3.25. The SMILES string of the molecule is Cc1cc(C)n(C[C@H](C)NC(=O)CN2CCN(c3ncccn3)CC2)n1. The van der Waals surface area contributed by atoms with Gasteiger partial charge in [-0.3, -0.25) is 14.4 Å². The second-order valence-corrected chi connectivity index (χ2v) is 6.89. The van der Waals surface area contributed by atoms with Gasteiger partial charge in [0, 0.05) is 50.3 Å². The molecule has 1 N–H and O–H groups in total. The highest BCUT2D eigenvalue weighted by Crippen LogP contribution is 2.09. The Kier molecular flexibility index (Phi) is 5.82. The third kappa shape index (κ3) is 4.78. The quantitative estimate of drug-likeness (QED) is 0.816. The highest BCUT2D eigenvalue weighted by Gasteiger charge is 2.21. The topological polar surface area (TPSA) is 79.2 Å². The minimum Gasteiger partial charge on any atom is -0.351 e. The molecule has 1 aliphatic rings. The van der Waals surface area contributed by atoms with Gasteiger partial charge in [-0.25, -0.2) is 9.97 Å². The first kappa shape index (κ1) is 18.3. The maximum absolute atomic E-state index is 12.3. The molecule has 1 amide bonds. The van der Waals surface area contributed by atoms with Crippen molar-refractivity contribution >= 4 is 11.9 Å². The number of carbonyl (C=O) groups is 1. The lowest BCUT2D eigenvalue weighted by molar-refractivity contribution is -0.123. The minimum atomic E-state index is 0.0412. The number of nitrogens with zero attached hydrogens (tertiary/aromatic N) is 6. The molecule has 1 aliphatic heterocycles. The van der Waals surface area contributed by atoms with E-state index in [1.54, 1.807) is 12.4 Å². The zero-order valence-electron chi connectivity index (χ0n) is 15.7. The molecule has 8 nitrogen and oxygen atoms in total. The number of aryl methyl sites for hydroxylation is 2. The largest absolute Gasteiger partial charge is 0.351 e. The van der Waals surface area contributed by atoms with Crippen LogP contribution in [0.5, 0.6) is 0 Å². The molecule has 1 saturated heterocycles. The summed E-state index contributed by atoms with van der Waals surface area (Å²) in [6.07, 6.45) is 3.51. The first-order chi connectivity index (χ1) is 12.5. The predicted octanol–water partition coefficient (Wildman–Crippen LogP) is 0.617. The van der Waals surface area contributed by atoms with E-state index >= 15 is 0 Å². The summed E-state index contributed by atoms with van der Waals surface area (Å²) in [5, 5.41) is 7.52. The molecule has 0 unspecified atom stereocenters. The molecule has 1 atom stereocenters. The Labute approximate surface area is 154 Å². The van der Waals surface area contributed by atoms with Crippen LogP contribution < -0.4 is 10.2 Å². The van der Waals surface area contributed by atoms with E-state index in [4.69, 9.17) is 0 Å². The second kappa shape index (κ2) is 8.27. The van der Waals surface area contributed by atoms with Gasteiger partial charge in [-0.05, 0) is 32.9 Å². The van der Waals surface area contributed by atoms with Crippen LogP contribution in [0.15, 0.2) is 24.5 Å². The molecule has 0 saturated carbocycles. The fourth-order valence-electron chi connectivity index (χ4n) is 3.25. The van der Waals surface area contributed by atoms with Crippen LogP contribution in [0.2, 0.25) is 0 Å². The van der Waals surface area contributed by atoms with E-state index in [0.29, 0.717) is 13.1 Å². The molecule has 8 heteroatoms. The molecule has 3 heterocycles. The normalized spacial score (nSPS) is 16.5. The van der Waals surface area contributed by atoms with Crippen LogP contribution in [-0.4, -0.2) is 69.3 Å². The van der Waals surface area contributed by atoms with Gasteiger partial charge in [0.05, 0.1) is 18.8 Å². The van der Waals surface area contributed by atoms with E-state index in [9.17, 15) is 4.79 Å². The standard InChI is InChI=1S/C18H27N7O/c1-14-11-16(3)25(22-14)12-15(2)21-17(26)13-23-7-9-24(10-8-23)18-19-5-4-6-20-18/h4-6,11,15H,7-10,12-13H2,1-3H3,(H,21,26)/t15-/m0/s1. The van der Waals surface area contributed by atoms with Crippen molar-refractivity contribution in [1.29, 1.82) is 0 Å². The molecule has 140 valence electrons. The maximum atomic E-state index is 12.3. The molecule has 0 radical (unpaired) electrons. The van der Waals surface area contributed by atoms with Crippen molar-refractivity contribution in [2.45, 2.75) is 33.4 Å². The number of nitrogens with one attached hydrogen (secondary N) is 1. The fraction of sp³-hybridized carbons (Fsp3) is 0.556. The number of piperazine rings is 1. The molecule has 0 aromatic carbocycles. The average Bonchev–Trinajstić information content (AvgIpc) is 2.93. The number of anilines is 1. The molecular formula is C18H27N7O. The summed E-state index contributed by atoms with van der Waals surface area (Å²) in [5.41, 5.74) is 2.11. The van der Waals surface area contributed by atoms with E-state index in [1.165, 1.54) is 0 Å². The van der Waals surface area contributed by atoms with Gasteiger partial charge >= 0.3 is 0 Å². The van der Waals surface area contributed by atoms with Gasteiger partial charge in [0.2, 0.25) is 11.9 Å². The van der Waals surface area contributed by atoms with Crippen molar-refractivity contribution in [3.8, 4) is 0 Å². The Morgan fingerprint density at radius 3 is 2.50 bits per heavy atom. The Morgan fingerprint density at radius 2 is 1.88 bits per heavy atom. The van der Waals surface area contributed by atoms with Gasteiger partial charge in [0.25, 0.3) is 0 Å². The van der Waals surface area contributed by atoms with Crippen molar-refractivity contribution in [2.75, 3.05) is 37.6 Å². The lowest BCUT2D eigenvalue weighted by Crippen LogP contribution is -2.51. The molecule has 3 rings (SSSR count). The molecule has 0 bridgehead atoms. The van der Waals surface area contributed by atoms with Crippen molar-refractivity contribution in [2.24, 2.45) is 0 Å². The van der Waals surface area contributed by atoms with Crippen molar-refractivity contribution in [3.63, 3.8) is 0 Å². The average molecular weight is 357 g/mol. The molecule has 0 aliphatic carbocycles. The summed E-state index contributed by atoms with van der Waals surface area (Å²) < 4.78 is 1.94. The van der Waals surface area contributed by atoms with Crippen molar-refractivity contribution < 1.29 is 4.79 Å². The summed E-state index contributed by atoms with van der Waals surface area (Å²) in [6.45, 7) is 10.5. The molecule has 1 fully saturated rings. The van der Waals surface area contributed by atoms with Crippen LogP contribution in [0.25, 0.3) is 0 Å². The van der Waals surface area contributed by atoms with Crippen LogP contribution >= 0.6 is 0 Å². The van der Waals surface area contributed by atoms with Crippen LogP contribution in [0.4, 0.5) is 5.95 Å². The van der Waals surface area contributed by atoms with Gasteiger partial charge in [-0.15, -0.1) is 0 Å². The smallest absolute Gasteiger partial charge is 0.234 e. The van der Waals surface area contributed by atoms with Crippen LogP contribution in [0.1, 0.15) is 18.3 Å². The van der Waals surface area contributed by atoms with Gasteiger partial charge in [-0.1, -0.05) is 0 Å². The third-order valence-corrected chi connectivity index (χ3v) is 4.53. The highest BCUT2D eigenvalue weighted by atomic mass is 16.2. The van der Waals surface area contributed by atoms with Crippen molar-refractivity contribution in [3.05, 3.63) is 35.9 Å². The van der Waals surface area contributed by atoms with Crippen molar-refractivity contribution in [1.82, 2.24) is 30.0 Å². The van der Waals surface area contributed by atoms with E-state index in [1.807, 2.05) is 37.6 Å². The first-order valence-electron chi connectivity index (χ1n) is 9.06.